The van der Waals surface area contributed by atoms with Crippen LogP contribution in [-0.2, 0) is 5.75 Å². The molecule has 2 aromatic rings. The molecular formula is C11H11N3S. The van der Waals surface area contributed by atoms with E-state index in [1.54, 1.807) is 30.2 Å². The SMILES string of the molecule is Nc1ccc(SCc2ccccn2)cn1. The molecule has 0 aliphatic heterocycles. The van der Waals surface area contributed by atoms with E-state index in [2.05, 4.69) is 9.97 Å². The predicted molar refractivity (Wildman–Crippen MR) is 62.4 cm³/mol. The normalized spacial score (nSPS) is 10.1. The standard InChI is InChI=1S/C11H11N3S/c12-11-5-4-10(7-14-11)15-8-9-3-1-2-6-13-9/h1-7H,8H2,(H2,12,14). The largest absolute Gasteiger partial charge is 0.384 e. The Bertz CT molecular complexity index is 414. The fourth-order valence-electron chi connectivity index (χ4n) is 1.12. The summed E-state index contributed by atoms with van der Waals surface area (Å²) in [6.45, 7) is 0. The van der Waals surface area contributed by atoms with Crippen molar-refractivity contribution >= 4 is 17.6 Å². The Morgan fingerprint density at radius 3 is 2.73 bits per heavy atom. The lowest BCUT2D eigenvalue weighted by molar-refractivity contribution is 1.17. The maximum atomic E-state index is 5.50. The average molecular weight is 217 g/mol. The number of hydrogen-bond acceptors (Lipinski definition) is 4. The van der Waals surface area contributed by atoms with Gasteiger partial charge in [-0.25, -0.2) is 4.98 Å². The molecule has 15 heavy (non-hydrogen) atoms. The Morgan fingerprint density at radius 2 is 2.07 bits per heavy atom. The van der Waals surface area contributed by atoms with Crippen LogP contribution in [0.1, 0.15) is 5.69 Å². The summed E-state index contributed by atoms with van der Waals surface area (Å²) in [4.78, 5) is 9.38. The summed E-state index contributed by atoms with van der Waals surface area (Å²) >= 11 is 1.70. The van der Waals surface area contributed by atoms with Gasteiger partial charge in [0.2, 0.25) is 0 Å². The molecule has 2 rings (SSSR count). The summed E-state index contributed by atoms with van der Waals surface area (Å²) in [7, 11) is 0. The summed E-state index contributed by atoms with van der Waals surface area (Å²) < 4.78 is 0. The highest BCUT2D eigenvalue weighted by atomic mass is 32.2. The zero-order chi connectivity index (χ0) is 10.5. The first-order chi connectivity index (χ1) is 7.34. The van der Waals surface area contributed by atoms with Gasteiger partial charge in [0.1, 0.15) is 5.82 Å². The summed E-state index contributed by atoms with van der Waals surface area (Å²) in [6, 6.07) is 9.69. The van der Waals surface area contributed by atoms with Crippen molar-refractivity contribution in [2.75, 3.05) is 5.73 Å². The van der Waals surface area contributed by atoms with Crippen LogP contribution in [0.25, 0.3) is 0 Å². The maximum Gasteiger partial charge on any atom is 0.123 e. The van der Waals surface area contributed by atoms with Gasteiger partial charge in [0.05, 0.1) is 5.69 Å². The van der Waals surface area contributed by atoms with Crippen molar-refractivity contribution in [3.8, 4) is 0 Å². The van der Waals surface area contributed by atoms with Crippen molar-refractivity contribution in [1.29, 1.82) is 0 Å². The molecular weight excluding hydrogens is 206 g/mol. The predicted octanol–water partition coefficient (Wildman–Crippen LogP) is 2.35. The number of anilines is 1. The molecule has 0 aliphatic rings. The van der Waals surface area contributed by atoms with Crippen molar-refractivity contribution in [2.24, 2.45) is 0 Å². The molecule has 0 aromatic carbocycles. The van der Waals surface area contributed by atoms with Crippen LogP contribution in [0, 0.1) is 0 Å². The number of pyridine rings is 2. The van der Waals surface area contributed by atoms with Crippen LogP contribution >= 0.6 is 11.8 Å². The van der Waals surface area contributed by atoms with Crippen LogP contribution in [0.15, 0.2) is 47.6 Å². The van der Waals surface area contributed by atoms with E-state index >= 15 is 0 Å². The number of nitrogens with two attached hydrogens (primary N) is 1. The first-order valence-corrected chi connectivity index (χ1v) is 5.57. The molecule has 4 heteroatoms. The van der Waals surface area contributed by atoms with Gasteiger partial charge in [0, 0.05) is 23.0 Å². The van der Waals surface area contributed by atoms with E-state index in [1.807, 2.05) is 24.3 Å². The van der Waals surface area contributed by atoms with E-state index in [-0.39, 0.29) is 0 Å². The second kappa shape index (κ2) is 4.79. The number of nitrogens with zero attached hydrogens (tertiary/aromatic N) is 2. The van der Waals surface area contributed by atoms with Crippen LogP contribution in [0.4, 0.5) is 5.82 Å². The Balaban J connectivity index is 1.96. The van der Waals surface area contributed by atoms with Crippen molar-refractivity contribution in [2.45, 2.75) is 10.6 Å². The van der Waals surface area contributed by atoms with Gasteiger partial charge in [-0.15, -0.1) is 11.8 Å². The van der Waals surface area contributed by atoms with Gasteiger partial charge in [-0.1, -0.05) is 6.07 Å². The van der Waals surface area contributed by atoms with E-state index in [0.717, 1.165) is 16.3 Å². The first kappa shape index (κ1) is 9.98. The fraction of sp³-hybridized carbons (Fsp3) is 0.0909. The third kappa shape index (κ3) is 2.95. The number of aromatic nitrogens is 2. The smallest absolute Gasteiger partial charge is 0.123 e. The molecule has 2 heterocycles. The summed E-state index contributed by atoms with van der Waals surface area (Å²) in [6.07, 6.45) is 3.58. The van der Waals surface area contributed by atoms with Crippen LogP contribution in [-0.4, -0.2) is 9.97 Å². The Morgan fingerprint density at radius 1 is 1.13 bits per heavy atom. The van der Waals surface area contributed by atoms with E-state index in [4.69, 9.17) is 5.73 Å². The van der Waals surface area contributed by atoms with Crippen molar-refractivity contribution < 1.29 is 0 Å². The molecule has 2 aromatic heterocycles. The Labute approximate surface area is 92.8 Å². The average Bonchev–Trinajstić information content (AvgIpc) is 2.30. The monoisotopic (exact) mass is 217 g/mol. The van der Waals surface area contributed by atoms with Crippen LogP contribution in [0.5, 0.6) is 0 Å². The maximum absolute atomic E-state index is 5.50. The van der Waals surface area contributed by atoms with Crippen LogP contribution in [0.2, 0.25) is 0 Å². The van der Waals surface area contributed by atoms with E-state index < -0.39 is 0 Å². The molecule has 0 bridgehead atoms. The second-order valence-corrected chi connectivity index (χ2v) is 4.08. The zero-order valence-electron chi connectivity index (χ0n) is 8.13. The molecule has 0 saturated carbocycles. The van der Waals surface area contributed by atoms with Gasteiger partial charge in [0.25, 0.3) is 0 Å². The lowest BCUT2D eigenvalue weighted by atomic mass is 10.4. The highest BCUT2D eigenvalue weighted by Gasteiger charge is 1.96. The zero-order valence-corrected chi connectivity index (χ0v) is 8.95. The van der Waals surface area contributed by atoms with Crippen LogP contribution < -0.4 is 5.73 Å². The molecule has 2 N–H and O–H groups in total. The van der Waals surface area contributed by atoms with Gasteiger partial charge in [-0.05, 0) is 24.3 Å². The topological polar surface area (TPSA) is 51.8 Å². The summed E-state index contributed by atoms with van der Waals surface area (Å²) in [5.74, 6) is 1.41. The van der Waals surface area contributed by atoms with E-state index in [0.29, 0.717) is 5.82 Å². The molecule has 0 amide bonds. The molecule has 0 unspecified atom stereocenters. The molecule has 76 valence electrons. The van der Waals surface area contributed by atoms with E-state index in [1.165, 1.54) is 0 Å². The Hall–Kier alpha value is -1.55. The minimum absolute atomic E-state index is 0.553. The number of hydrogen-bond donors (Lipinski definition) is 1. The third-order valence-electron chi connectivity index (χ3n) is 1.87. The number of nitrogen functional groups attached to an aromatic ring is 1. The second-order valence-electron chi connectivity index (χ2n) is 3.03. The minimum Gasteiger partial charge on any atom is -0.384 e. The molecule has 0 atom stereocenters. The highest BCUT2D eigenvalue weighted by Crippen LogP contribution is 2.21. The van der Waals surface area contributed by atoms with Gasteiger partial charge >= 0.3 is 0 Å². The third-order valence-corrected chi connectivity index (χ3v) is 2.89. The molecule has 0 radical (unpaired) electrons. The molecule has 0 saturated heterocycles. The van der Waals surface area contributed by atoms with Crippen molar-refractivity contribution in [1.82, 2.24) is 9.97 Å². The van der Waals surface area contributed by atoms with Gasteiger partial charge in [0.15, 0.2) is 0 Å². The van der Waals surface area contributed by atoms with E-state index in [9.17, 15) is 0 Å². The molecule has 0 aliphatic carbocycles. The summed E-state index contributed by atoms with van der Waals surface area (Å²) in [5.41, 5.74) is 6.57. The van der Waals surface area contributed by atoms with Gasteiger partial charge in [-0.2, -0.15) is 0 Å². The van der Waals surface area contributed by atoms with Crippen molar-refractivity contribution in [3.63, 3.8) is 0 Å². The quantitative estimate of drug-likeness (QED) is 0.802. The number of thioether (sulfide) groups is 1. The Kier molecular flexibility index (Phi) is 3.19. The highest BCUT2D eigenvalue weighted by molar-refractivity contribution is 7.98. The van der Waals surface area contributed by atoms with Crippen molar-refractivity contribution in [3.05, 3.63) is 48.4 Å². The van der Waals surface area contributed by atoms with Crippen LogP contribution in [0.3, 0.4) is 0 Å². The molecule has 0 fully saturated rings. The lowest BCUT2D eigenvalue weighted by Crippen LogP contribution is -1.89. The fourth-order valence-corrected chi connectivity index (χ4v) is 1.89. The first-order valence-electron chi connectivity index (χ1n) is 4.59. The number of rotatable bonds is 3. The lowest BCUT2D eigenvalue weighted by Gasteiger charge is -2.00. The minimum atomic E-state index is 0.553. The molecule has 0 spiro atoms. The summed E-state index contributed by atoms with van der Waals surface area (Å²) in [5, 5.41) is 0. The molecule has 3 nitrogen and oxygen atoms in total. The van der Waals surface area contributed by atoms with Gasteiger partial charge < -0.3 is 5.73 Å². The van der Waals surface area contributed by atoms with Gasteiger partial charge in [-0.3, -0.25) is 4.98 Å².